The van der Waals surface area contributed by atoms with Gasteiger partial charge in [0.2, 0.25) is 0 Å². The summed E-state index contributed by atoms with van der Waals surface area (Å²) < 4.78 is 89.0. The molecule has 0 spiro atoms. The zero-order chi connectivity index (χ0) is 24.1. The molecule has 0 N–H and O–H groups in total. The number of alkyl halides is 4. The third kappa shape index (κ3) is 7.30. The van der Waals surface area contributed by atoms with Crippen LogP contribution in [0.15, 0.2) is 60.1 Å². The first-order chi connectivity index (χ1) is 15.6. The summed E-state index contributed by atoms with van der Waals surface area (Å²) in [5.74, 6) is 0.733. The molecule has 0 amide bonds. The molecule has 182 valence electrons. The van der Waals surface area contributed by atoms with Crippen molar-refractivity contribution in [1.82, 2.24) is 0 Å². The van der Waals surface area contributed by atoms with Crippen molar-refractivity contribution in [3.63, 3.8) is 0 Å². The van der Waals surface area contributed by atoms with Crippen molar-refractivity contribution in [2.75, 3.05) is 0 Å². The summed E-state index contributed by atoms with van der Waals surface area (Å²) in [5.41, 5.74) is 0.749. The standard InChI is InChI=1S/C25H28F6O2/c1-2-3-17-4-6-18(7-5-17)19-8-10-20(11-9-19)25(30,31)33-22-14-12-21(13-15-22)32-24(28,29)16-23(26)27/h8-12,14,16-18H,2-7,13,15H2,1H3. The Bertz CT molecular complexity index is 877. The lowest BCUT2D eigenvalue weighted by molar-refractivity contribution is -0.226. The lowest BCUT2D eigenvalue weighted by Crippen LogP contribution is -2.21. The average Bonchev–Trinajstić information content (AvgIpc) is 2.75. The minimum Gasteiger partial charge on any atom is -0.434 e. The number of halogens is 6. The molecule has 0 heterocycles. The molecule has 1 fully saturated rings. The molecule has 0 aromatic heterocycles. The molecule has 0 aliphatic heterocycles. The van der Waals surface area contributed by atoms with Gasteiger partial charge in [0.1, 0.15) is 11.5 Å². The Kier molecular flexibility index (Phi) is 8.19. The predicted octanol–water partition coefficient (Wildman–Crippen LogP) is 8.78. The van der Waals surface area contributed by atoms with E-state index in [4.69, 9.17) is 4.74 Å². The summed E-state index contributed by atoms with van der Waals surface area (Å²) >= 11 is 0. The van der Waals surface area contributed by atoms with Gasteiger partial charge in [0.15, 0.2) is 0 Å². The van der Waals surface area contributed by atoms with E-state index in [0.717, 1.165) is 49.3 Å². The van der Waals surface area contributed by atoms with E-state index in [1.54, 1.807) is 12.1 Å². The third-order valence-corrected chi connectivity index (χ3v) is 6.14. The van der Waals surface area contributed by atoms with Crippen molar-refractivity contribution in [2.24, 2.45) is 5.92 Å². The predicted molar refractivity (Wildman–Crippen MR) is 113 cm³/mol. The van der Waals surface area contributed by atoms with Crippen LogP contribution in [0.25, 0.3) is 0 Å². The maximum Gasteiger partial charge on any atom is 0.426 e. The number of allylic oxidation sites excluding steroid dienone is 4. The van der Waals surface area contributed by atoms with E-state index in [0.29, 0.717) is 5.92 Å². The minimum atomic E-state index is -4.18. The molecule has 0 bridgehead atoms. The Morgan fingerprint density at radius 1 is 0.909 bits per heavy atom. The monoisotopic (exact) mass is 474 g/mol. The molecule has 33 heavy (non-hydrogen) atoms. The first kappa shape index (κ1) is 25.2. The van der Waals surface area contributed by atoms with E-state index in [1.807, 2.05) is 0 Å². The van der Waals surface area contributed by atoms with Gasteiger partial charge in [0, 0.05) is 12.8 Å². The molecule has 0 radical (unpaired) electrons. The normalized spacial score (nSPS) is 21.7. The molecule has 1 saturated carbocycles. The summed E-state index contributed by atoms with van der Waals surface area (Å²) in [6.07, 6.45) is -2.30. The molecule has 1 aromatic rings. The fourth-order valence-electron chi connectivity index (χ4n) is 4.47. The van der Waals surface area contributed by atoms with Crippen LogP contribution in [0.2, 0.25) is 0 Å². The van der Waals surface area contributed by atoms with Crippen molar-refractivity contribution in [3.05, 3.63) is 71.2 Å². The lowest BCUT2D eigenvalue weighted by atomic mass is 9.77. The highest BCUT2D eigenvalue weighted by molar-refractivity contribution is 5.28. The van der Waals surface area contributed by atoms with Crippen LogP contribution >= 0.6 is 0 Å². The van der Waals surface area contributed by atoms with Crippen LogP contribution in [0.1, 0.15) is 75.3 Å². The van der Waals surface area contributed by atoms with Crippen molar-refractivity contribution in [2.45, 2.75) is 76.4 Å². The summed E-state index contributed by atoms with van der Waals surface area (Å²) in [5, 5.41) is 0. The van der Waals surface area contributed by atoms with Gasteiger partial charge in [-0.3, -0.25) is 0 Å². The van der Waals surface area contributed by atoms with Crippen molar-refractivity contribution in [3.8, 4) is 0 Å². The molecule has 0 atom stereocenters. The van der Waals surface area contributed by atoms with Gasteiger partial charge in [-0.1, -0.05) is 31.9 Å². The Balaban J connectivity index is 1.59. The van der Waals surface area contributed by atoms with Gasteiger partial charge in [-0.25, -0.2) is 0 Å². The Morgan fingerprint density at radius 2 is 1.48 bits per heavy atom. The average molecular weight is 474 g/mol. The second kappa shape index (κ2) is 10.7. The largest absolute Gasteiger partial charge is 0.434 e. The first-order valence-electron chi connectivity index (χ1n) is 11.3. The molecule has 2 aliphatic rings. The van der Waals surface area contributed by atoms with Crippen LogP contribution in [0.3, 0.4) is 0 Å². The van der Waals surface area contributed by atoms with Gasteiger partial charge >= 0.3 is 12.2 Å². The van der Waals surface area contributed by atoms with Gasteiger partial charge < -0.3 is 9.47 Å². The van der Waals surface area contributed by atoms with E-state index >= 15 is 0 Å². The highest BCUT2D eigenvalue weighted by Gasteiger charge is 2.36. The zero-order valence-corrected chi connectivity index (χ0v) is 18.4. The molecule has 0 saturated heterocycles. The molecule has 2 nitrogen and oxygen atoms in total. The van der Waals surface area contributed by atoms with Crippen LogP contribution in [0.5, 0.6) is 0 Å². The molecule has 2 aliphatic carbocycles. The second-order valence-corrected chi connectivity index (χ2v) is 8.61. The zero-order valence-electron chi connectivity index (χ0n) is 18.4. The quantitative estimate of drug-likeness (QED) is 0.333. The number of hydrogen-bond donors (Lipinski definition) is 0. The molecule has 0 unspecified atom stereocenters. The van der Waals surface area contributed by atoms with E-state index < -0.39 is 24.4 Å². The molecule has 8 heteroatoms. The van der Waals surface area contributed by atoms with Gasteiger partial charge in [-0.05, 0) is 67.4 Å². The number of benzene rings is 1. The second-order valence-electron chi connectivity index (χ2n) is 8.61. The summed E-state index contributed by atoms with van der Waals surface area (Å²) in [7, 11) is 0. The lowest BCUT2D eigenvalue weighted by Gasteiger charge is -2.29. The molecular weight excluding hydrogens is 446 g/mol. The number of hydrogen-bond acceptors (Lipinski definition) is 2. The molecule has 1 aromatic carbocycles. The number of ether oxygens (including phenoxy) is 2. The first-order valence-corrected chi connectivity index (χ1v) is 11.3. The van der Waals surface area contributed by atoms with Crippen LogP contribution in [-0.2, 0) is 15.6 Å². The van der Waals surface area contributed by atoms with Gasteiger partial charge in [-0.15, -0.1) is 0 Å². The minimum absolute atomic E-state index is 0.110. The summed E-state index contributed by atoms with van der Waals surface area (Å²) in [4.78, 5) is 0. The summed E-state index contributed by atoms with van der Waals surface area (Å²) in [6, 6.07) is 6.16. The Hall–Kier alpha value is -2.38. The van der Waals surface area contributed by atoms with Crippen molar-refractivity contribution in [1.29, 1.82) is 0 Å². The Morgan fingerprint density at radius 3 is 2.00 bits per heavy atom. The number of rotatable bonds is 9. The highest BCUT2D eigenvalue weighted by atomic mass is 19.3. The molecular formula is C25H28F6O2. The van der Waals surface area contributed by atoms with E-state index in [2.05, 4.69) is 11.7 Å². The van der Waals surface area contributed by atoms with Gasteiger partial charge in [0.05, 0.1) is 11.6 Å². The topological polar surface area (TPSA) is 18.5 Å². The van der Waals surface area contributed by atoms with Gasteiger partial charge in [-0.2, -0.15) is 26.3 Å². The smallest absolute Gasteiger partial charge is 0.426 e. The maximum absolute atomic E-state index is 14.6. The Labute approximate surface area is 190 Å². The highest BCUT2D eigenvalue weighted by Crippen LogP contribution is 2.40. The maximum atomic E-state index is 14.6. The third-order valence-electron chi connectivity index (χ3n) is 6.14. The van der Waals surface area contributed by atoms with E-state index in [1.165, 1.54) is 25.0 Å². The molecule has 3 rings (SSSR count). The summed E-state index contributed by atoms with van der Waals surface area (Å²) in [6.45, 7) is 2.19. The van der Waals surface area contributed by atoms with Crippen LogP contribution < -0.4 is 0 Å². The van der Waals surface area contributed by atoms with Crippen LogP contribution in [0, 0.1) is 5.92 Å². The van der Waals surface area contributed by atoms with Crippen molar-refractivity contribution < 1.29 is 35.8 Å². The van der Waals surface area contributed by atoms with Gasteiger partial charge in [0.25, 0.3) is 6.08 Å². The van der Waals surface area contributed by atoms with Crippen molar-refractivity contribution >= 4 is 0 Å². The fraction of sp³-hybridized carbons (Fsp3) is 0.520. The van der Waals surface area contributed by atoms with E-state index in [9.17, 15) is 26.3 Å². The SMILES string of the molecule is CCCC1CCC(c2ccc(C(F)(F)OC3=CC=C(OC(F)(F)C=C(F)F)CC3)cc2)CC1. The van der Waals surface area contributed by atoms with E-state index in [-0.39, 0.29) is 29.9 Å². The van der Waals surface area contributed by atoms with Crippen LogP contribution in [0.4, 0.5) is 26.3 Å². The fourth-order valence-corrected chi connectivity index (χ4v) is 4.47. The van der Waals surface area contributed by atoms with Crippen LogP contribution in [-0.4, -0.2) is 6.11 Å².